The molecule has 0 saturated carbocycles. The number of benzene rings is 1. The molecule has 1 heterocycles. The molecule has 134 valence electrons. The Kier molecular flexibility index (Phi) is 6.12. The Balaban J connectivity index is 1.97. The van der Waals surface area contributed by atoms with E-state index in [-0.39, 0.29) is 11.7 Å². The van der Waals surface area contributed by atoms with Gasteiger partial charge in [-0.1, -0.05) is 12.1 Å². The van der Waals surface area contributed by atoms with Crippen molar-refractivity contribution < 1.29 is 23.4 Å². The van der Waals surface area contributed by atoms with Crippen molar-refractivity contribution >= 4 is 5.91 Å². The number of carbonyl (C=O) groups is 1. The van der Waals surface area contributed by atoms with Crippen molar-refractivity contribution in [2.75, 3.05) is 26.2 Å². The molecule has 7 heteroatoms. The number of piperazine rings is 1. The highest BCUT2D eigenvalue weighted by molar-refractivity contribution is 5.80. The lowest BCUT2D eigenvalue weighted by atomic mass is 10.0. The van der Waals surface area contributed by atoms with Gasteiger partial charge < -0.3 is 14.7 Å². The van der Waals surface area contributed by atoms with Crippen LogP contribution in [0.5, 0.6) is 5.75 Å². The van der Waals surface area contributed by atoms with Crippen molar-refractivity contribution in [1.29, 1.82) is 0 Å². The van der Waals surface area contributed by atoms with Gasteiger partial charge in [-0.25, -0.2) is 0 Å². The maximum atomic E-state index is 12.4. The van der Waals surface area contributed by atoms with Crippen molar-refractivity contribution in [2.24, 2.45) is 0 Å². The summed E-state index contributed by atoms with van der Waals surface area (Å²) < 4.78 is 29.4. The molecule has 1 aliphatic heterocycles. The molecule has 5 nitrogen and oxygen atoms in total. The molecule has 1 unspecified atom stereocenters. The summed E-state index contributed by atoms with van der Waals surface area (Å²) in [7, 11) is 0. The van der Waals surface area contributed by atoms with E-state index in [0.29, 0.717) is 43.9 Å². The van der Waals surface area contributed by atoms with E-state index in [9.17, 15) is 18.7 Å². The number of alkyl halides is 2. The molecule has 1 fully saturated rings. The van der Waals surface area contributed by atoms with Gasteiger partial charge in [0.2, 0.25) is 0 Å². The van der Waals surface area contributed by atoms with Crippen LogP contribution in [0.15, 0.2) is 12.1 Å². The minimum atomic E-state index is -2.83. The Hall–Kier alpha value is -1.73. The van der Waals surface area contributed by atoms with E-state index in [1.807, 2.05) is 12.1 Å². The van der Waals surface area contributed by atoms with Crippen LogP contribution in [0.3, 0.4) is 0 Å². The van der Waals surface area contributed by atoms with Gasteiger partial charge in [0.25, 0.3) is 5.91 Å². The predicted molar refractivity (Wildman–Crippen MR) is 86.1 cm³/mol. The van der Waals surface area contributed by atoms with Gasteiger partial charge in [0.05, 0.1) is 0 Å². The summed E-state index contributed by atoms with van der Waals surface area (Å²) in [5.74, 6) is -0.00376. The van der Waals surface area contributed by atoms with Crippen molar-refractivity contribution in [3.05, 3.63) is 28.8 Å². The second-order valence-electron chi connectivity index (χ2n) is 6.21. The molecule has 2 rings (SSSR count). The average Bonchev–Trinajstić information content (AvgIpc) is 2.50. The summed E-state index contributed by atoms with van der Waals surface area (Å²) >= 11 is 0. The smallest absolute Gasteiger partial charge is 0.387 e. The topological polar surface area (TPSA) is 53.0 Å². The number of aliphatic hydroxyl groups is 1. The predicted octanol–water partition coefficient (Wildman–Crippen LogP) is 1.93. The van der Waals surface area contributed by atoms with Crippen LogP contribution in [0.2, 0.25) is 0 Å². The molecule has 1 N–H and O–H groups in total. The number of halogens is 2. The van der Waals surface area contributed by atoms with Crippen molar-refractivity contribution in [3.8, 4) is 5.75 Å². The van der Waals surface area contributed by atoms with Crippen molar-refractivity contribution in [2.45, 2.75) is 40.0 Å². The van der Waals surface area contributed by atoms with Crippen LogP contribution in [-0.4, -0.2) is 59.7 Å². The number of aliphatic hydroxyl groups excluding tert-OH is 1. The first kappa shape index (κ1) is 18.6. The second-order valence-corrected chi connectivity index (χ2v) is 6.21. The van der Waals surface area contributed by atoms with Gasteiger partial charge in [0.1, 0.15) is 11.9 Å². The number of nitrogens with zero attached hydrogens (tertiary/aromatic N) is 2. The third-order valence-electron chi connectivity index (χ3n) is 4.17. The lowest BCUT2D eigenvalue weighted by Crippen LogP contribution is -2.50. The highest BCUT2D eigenvalue weighted by atomic mass is 19.3. The van der Waals surface area contributed by atoms with Crippen LogP contribution in [-0.2, 0) is 11.3 Å². The van der Waals surface area contributed by atoms with Gasteiger partial charge in [0, 0.05) is 32.7 Å². The third kappa shape index (κ3) is 4.64. The molecule has 0 radical (unpaired) electrons. The Morgan fingerprint density at radius 2 is 1.75 bits per heavy atom. The summed E-state index contributed by atoms with van der Waals surface area (Å²) in [6.45, 7) is 5.44. The van der Waals surface area contributed by atoms with Gasteiger partial charge >= 0.3 is 6.61 Å². The summed E-state index contributed by atoms with van der Waals surface area (Å²) in [5, 5.41) is 9.35. The lowest BCUT2D eigenvalue weighted by Gasteiger charge is -2.35. The van der Waals surface area contributed by atoms with Gasteiger partial charge in [-0.2, -0.15) is 8.78 Å². The van der Waals surface area contributed by atoms with E-state index in [1.165, 1.54) is 6.92 Å². The number of hydrogen-bond donors (Lipinski definition) is 1. The molecule has 0 aromatic heterocycles. The van der Waals surface area contributed by atoms with Crippen LogP contribution in [0, 0.1) is 13.8 Å². The summed E-state index contributed by atoms with van der Waals surface area (Å²) in [6.07, 6.45) is -0.968. The molecule has 1 aromatic rings. The SMILES string of the molecule is Cc1cc(CN2CCN(C(=O)C(C)O)CC2)cc(C)c1OC(F)F. The van der Waals surface area contributed by atoms with Crippen molar-refractivity contribution in [1.82, 2.24) is 9.80 Å². The van der Waals surface area contributed by atoms with Crippen molar-refractivity contribution in [3.63, 3.8) is 0 Å². The van der Waals surface area contributed by atoms with Gasteiger partial charge in [-0.3, -0.25) is 9.69 Å². The first-order valence-electron chi connectivity index (χ1n) is 8.02. The highest BCUT2D eigenvalue weighted by Crippen LogP contribution is 2.27. The van der Waals surface area contributed by atoms with Gasteiger partial charge in [0.15, 0.2) is 0 Å². The van der Waals surface area contributed by atoms with E-state index >= 15 is 0 Å². The van der Waals surface area contributed by atoms with Gasteiger partial charge in [-0.05, 0) is 37.5 Å². The molecule has 0 aliphatic carbocycles. The molecular weight excluding hydrogens is 318 g/mol. The van der Waals surface area contributed by atoms with Gasteiger partial charge in [-0.15, -0.1) is 0 Å². The van der Waals surface area contributed by atoms with Crippen LogP contribution in [0.4, 0.5) is 8.78 Å². The summed E-state index contributed by atoms with van der Waals surface area (Å²) in [4.78, 5) is 15.6. The zero-order valence-electron chi connectivity index (χ0n) is 14.3. The number of ether oxygens (including phenoxy) is 1. The number of amides is 1. The number of rotatable bonds is 5. The zero-order chi connectivity index (χ0) is 17.9. The normalized spacial score (nSPS) is 17.2. The third-order valence-corrected chi connectivity index (χ3v) is 4.17. The highest BCUT2D eigenvalue weighted by Gasteiger charge is 2.24. The van der Waals surface area contributed by atoms with Crippen LogP contribution in [0.25, 0.3) is 0 Å². The Morgan fingerprint density at radius 1 is 1.21 bits per heavy atom. The quantitative estimate of drug-likeness (QED) is 0.888. The largest absolute Gasteiger partial charge is 0.434 e. The fourth-order valence-corrected chi connectivity index (χ4v) is 3.06. The monoisotopic (exact) mass is 342 g/mol. The first-order valence-corrected chi connectivity index (χ1v) is 8.02. The van der Waals surface area contributed by atoms with E-state index in [4.69, 9.17) is 0 Å². The molecular formula is C17H24F2N2O3. The first-order chi connectivity index (χ1) is 11.3. The lowest BCUT2D eigenvalue weighted by molar-refractivity contribution is -0.141. The molecule has 24 heavy (non-hydrogen) atoms. The minimum absolute atomic E-state index is 0.237. The van der Waals surface area contributed by atoms with E-state index in [2.05, 4.69) is 9.64 Å². The number of carbonyl (C=O) groups excluding carboxylic acids is 1. The molecule has 1 atom stereocenters. The fraction of sp³-hybridized carbons (Fsp3) is 0.588. The molecule has 0 bridgehead atoms. The maximum absolute atomic E-state index is 12.4. The van der Waals surface area contributed by atoms with Crippen LogP contribution in [0.1, 0.15) is 23.6 Å². The molecule has 0 spiro atoms. The average molecular weight is 342 g/mol. The molecule has 1 aromatic carbocycles. The molecule has 1 saturated heterocycles. The van der Waals surface area contributed by atoms with E-state index < -0.39 is 12.7 Å². The minimum Gasteiger partial charge on any atom is -0.434 e. The summed E-state index contributed by atoms with van der Waals surface area (Å²) in [6, 6.07) is 3.72. The van der Waals surface area contributed by atoms with E-state index in [1.54, 1.807) is 18.7 Å². The van der Waals surface area contributed by atoms with E-state index in [0.717, 1.165) is 5.56 Å². The molecule has 1 amide bonds. The Morgan fingerprint density at radius 3 is 2.21 bits per heavy atom. The summed E-state index contributed by atoms with van der Waals surface area (Å²) in [5.41, 5.74) is 2.41. The fourth-order valence-electron chi connectivity index (χ4n) is 3.06. The maximum Gasteiger partial charge on any atom is 0.387 e. The number of hydrogen-bond acceptors (Lipinski definition) is 4. The van der Waals surface area contributed by atoms with Crippen LogP contribution >= 0.6 is 0 Å². The molecule has 1 aliphatic rings. The standard InChI is InChI=1S/C17H24F2N2O3/c1-11-8-14(9-12(2)15(11)24-17(18)19)10-20-4-6-21(7-5-20)16(23)13(3)22/h8-9,13,17,22H,4-7,10H2,1-3H3. The zero-order valence-corrected chi connectivity index (χ0v) is 14.3. The van der Waals surface area contributed by atoms with Crippen LogP contribution < -0.4 is 4.74 Å². The number of aryl methyl sites for hydroxylation is 2. The Bertz CT molecular complexity index is 562. The Labute approximate surface area is 140 Å². The second kappa shape index (κ2) is 7.90.